The first-order valence-electron chi connectivity index (χ1n) is 7.92. The predicted molar refractivity (Wildman–Crippen MR) is 83.8 cm³/mol. The number of unbranched alkanes of at least 4 members (excludes halogenated alkanes) is 8. The summed E-state index contributed by atoms with van der Waals surface area (Å²) in [5, 5.41) is 0. The summed E-state index contributed by atoms with van der Waals surface area (Å²) in [6.07, 6.45) is 23.4. The lowest BCUT2D eigenvalue weighted by atomic mass is 10.1. The number of hydrogen-bond acceptors (Lipinski definition) is 1. The van der Waals surface area contributed by atoms with Gasteiger partial charge < -0.3 is 5.73 Å². The number of hydrogen-bond donors (Lipinski definition) is 1. The van der Waals surface area contributed by atoms with Crippen molar-refractivity contribution in [2.24, 2.45) is 5.73 Å². The van der Waals surface area contributed by atoms with Gasteiger partial charge in [-0.3, -0.25) is 0 Å². The summed E-state index contributed by atoms with van der Waals surface area (Å²) in [5.74, 6) is 0. The Hall–Kier alpha value is -0.560. The van der Waals surface area contributed by atoms with Gasteiger partial charge in [0, 0.05) is 0 Å². The Morgan fingerprint density at radius 1 is 0.667 bits per heavy atom. The highest BCUT2D eigenvalue weighted by atomic mass is 14.5. The molecule has 0 rings (SSSR count). The van der Waals surface area contributed by atoms with Crippen LogP contribution in [0.25, 0.3) is 0 Å². The molecule has 0 aliphatic rings. The first-order chi connectivity index (χ1) is 8.91. The lowest BCUT2D eigenvalue weighted by Gasteiger charge is -1.97. The molecule has 0 aromatic rings. The molecule has 18 heavy (non-hydrogen) atoms. The topological polar surface area (TPSA) is 26.0 Å². The van der Waals surface area contributed by atoms with Gasteiger partial charge in [0.2, 0.25) is 0 Å². The summed E-state index contributed by atoms with van der Waals surface area (Å²) >= 11 is 0. The average molecular weight is 251 g/mol. The van der Waals surface area contributed by atoms with Crippen molar-refractivity contribution in [2.45, 2.75) is 77.6 Å². The van der Waals surface area contributed by atoms with Crippen LogP contribution in [0.2, 0.25) is 0 Å². The van der Waals surface area contributed by atoms with Crippen LogP contribution in [0.4, 0.5) is 0 Å². The van der Waals surface area contributed by atoms with E-state index in [1.807, 2.05) is 0 Å². The molecule has 0 saturated heterocycles. The van der Waals surface area contributed by atoms with Crippen LogP contribution in [-0.4, -0.2) is 6.54 Å². The maximum absolute atomic E-state index is 5.46. The largest absolute Gasteiger partial charge is 0.330 e. The summed E-state index contributed by atoms with van der Waals surface area (Å²) in [7, 11) is 0. The Balaban J connectivity index is 3.13. The molecular formula is C17H33N. The molecule has 2 N–H and O–H groups in total. The first kappa shape index (κ1) is 17.4. The van der Waals surface area contributed by atoms with Gasteiger partial charge >= 0.3 is 0 Å². The minimum absolute atomic E-state index is 0.852. The van der Waals surface area contributed by atoms with Crippen LogP contribution in [0.3, 0.4) is 0 Å². The Morgan fingerprint density at radius 3 is 1.83 bits per heavy atom. The van der Waals surface area contributed by atoms with E-state index >= 15 is 0 Å². The van der Waals surface area contributed by atoms with Crippen LogP contribution in [-0.2, 0) is 0 Å². The third kappa shape index (κ3) is 15.4. The minimum atomic E-state index is 0.852. The van der Waals surface area contributed by atoms with Gasteiger partial charge in [0.15, 0.2) is 0 Å². The molecule has 0 bridgehead atoms. The zero-order chi connectivity index (χ0) is 13.3. The van der Waals surface area contributed by atoms with Crippen molar-refractivity contribution in [1.29, 1.82) is 0 Å². The maximum atomic E-state index is 5.46. The van der Waals surface area contributed by atoms with Gasteiger partial charge in [0.25, 0.3) is 0 Å². The van der Waals surface area contributed by atoms with Crippen molar-refractivity contribution in [2.75, 3.05) is 6.54 Å². The maximum Gasteiger partial charge on any atom is -0.00773 e. The van der Waals surface area contributed by atoms with Crippen molar-refractivity contribution >= 4 is 0 Å². The monoisotopic (exact) mass is 251 g/mol. The van der Waals surface area contributed by atoms with Crippen molar-refractivity contribution in [1.82, 2.24) is 0 Å². The van der Waals surface area contributed by atoms with E-state index in [0.29, 0.717) is 0 Å². The second-order valence-electron chi connectivity index (χ2n) is 5.02. The zero-order valence-corrected chi connectivity index (χ0v) is 12.4. The predicted octanol–water partition coefficient (Wildman–Crippen LogP) is 5.37. The highest BCUT2D eigenvalue weighted by molar-refractivity contribution is 4.92. The normalized spacial score (nSPS) is 11.9. The standard InChI is InChI=1S/C17H33N/c1-2-3-4-5-6-7-8-9-10-11-12-13-14-15-16-17-18/h6-7,9-10H,2-5,8,11-18H2,1H3. The fourth-order valence-corrected chi connectivity index (χ4v) is 1.96. The molecule has 1 nitrogen and oxygen atoms in total. The molecule has 0 unspecified atom stereocenters. The molecule has 0 heterocycles. The summed E-state index contributed by atoms with van der Waals surface area (Å²) in [4.78, 5) is 0. The Kier molecular flexibility index (Phi) is 15.9. The van der Waals surface area contributed by atoms with Crippen LogP contribution in [0.5, 0.6) is 0 Å². The number of rotatable bonds is 13. The third-order valence-electron chi connectivity index (χ3n) is 3.15. The van der Waals surface area contributed by atoms with E-state index in [9.17, 15) is 0 Å². The highest BCUT2D eigenvalue weighted by Crippen LogP contribution is 2.05. The highest BCUT2D eigenvalue weighted by Gasteiger charge is 1.87. The lowest BCUT2D eigenvalue weighted by molar-refractivity contribution is 0.622. The Labute approximate surface area is 115 Å². The molecule has 1 heteroatoms. The molecule has 0 aliphatic heterocycles. The van der Waals surface area contributed by atoms with Gasteiger partial charge in [-0.2, -0.15) is 0 Å². The summed E-state index contributed by atoms with van der Waals surface area (Å²) in [6, 6.07) is 0. The Morgan fingerprint density at radius 2 is 1.22 bits per heavy atom. The molecule has 0 fully saturated rings. The van der Waals surface area contributed by atoms with Crippen molar-refractivity contribution in [3.05, 3.63) is 24.3 Å². The van der Waals surface area contributed by atoms with E-state index < -0.39 is 0 Å². The van der Waals surface area contributed by atoms with E-state index in [2.05, 4.69) is 31.2 Å². The summed E-state index contributed by atoms with van der Waals surface area (Å²) in [5.41, 5.74) is 5.46. The number of allylic oxidation sites excluding steroid dienone is 4. The molecular weight excluding hydrogens is 218 g/mol. The van der Waals surface area contributed by atoms with Crippen LogP contribution in [0, 0.1) is 0 Å². The average Bonchev–Trinajstić information content (AvgIpc) is 2.39. The van der Waals surface area contributed by atoms with Gasteiger partial charge in [-0.15, -0.1) is 0 Å². The molecule has 0 spiro atoms. The van der Waals surface area contributed by atoms with E-state index in [0.717, 1.165) is 13.0 Å². The molecule has 0 aromatic carbocycles. The molecule has 0 amide bonds. The van der Waals surface area contributed by atoms with E-state index in [1.165, 1.54) is 64.2 Å². The zero-order valence-electron chi connectivity index (χ0n) is 12.4. The second kappa shape index (κ2) is 16.4. The van der Waals surface area contributed by atoms with Crippen molar-refractivity contribution in [3.63, 3.8) is 0 Å². The van der Waals surface area contributed by atoms with E-state index in [1.54, 1.807) is 0 Å². The quantitative estimate of drug-likeness (QED) is 0.346. The van der Waals surface area contributed by atoms with Gasteiger partial charge in [-0.1, -0.05) is 63.3 Å². The minimum Gasteiger partial charge on any atom is -0.330 e. The third-order valence-corrected chi connectivity index (χ3v) is 3.15. The molecule has 0 atom stereocenters. The molecule has 0 aromatic heterocycles. The van der Waals surface area contributed by atoms with Crippen molar-refractivity contribution < 1.29 is 0 Å². The van der Waals surface area contributed by atoms with Crippen molar-refractivity contribution in [3.8, 4) is 0 Å². The van der Waals surface area contributed by atoms with Crippen LogP contribution in [0.1, 0.15) is 77.6 Å². The smallest absolute Gasteiger partial charge is 0.00773 e. The van der Waals surface area contributed by atoms with Gasteiger partial charge in [-0.25, -0.2) is 0 Å². The fraction of sp³-hybridized carbons (Fsp3) is 0.765. The second-order valence-corrected chi connectivity index (χ2v) is 5.02. The molecule has 0 radical (unpaired) electrons. The fourth-order valence-electron chi connectivity index (χ4n) is 1.96. The molecule has 0 aliphatic carbocycles. The van der Waals surface area contributed by atoms with E-state index in [4.69, 9.17) is 5.73 Å². The van der Waals surface area contributed by atoms with Gasteiger partial charge in [0.05, 0.1) is 0 Å². The van der Waals surface area contributed by atoms with Gasteiger partial charge in [-0.05, 0) is 45.1 Å². The first-order valence-corrected chi connectivity index (χ1v) is 7.92. The van der Waals surface area contributed by atoms with Crippen LogP contribution >= 0.6 is 0 Å². The summed E-state index contributed by atoms with van der Waals surface area (Å²) in [6.45, 7) is 3.10. The number of nitrogens with two attached hydrogens (primary N) is 1. The van der Waals surface area contributed by atoms with Gasteiger partial charge in [0.1, 0.15) is 0 Å². The van der Waals surface area contributed by atoms with Crippen LogP contribution < -0.4 is 5.73 Å². The SMILES string of the molecule is CCCCCC=CCC=CCCCCCCCN. The summed E-state index contributed by atoms with van der Waals surface area (Å²) < 4.78 is 0. The Bertz CT molecular complexity index is 194. The molecule has 0 saturated carbocycles. The van der Waals surface area contributed by atoms with Crippen LogP contribution in [0.15, 0.2) is 24.3 Å². The molecule has 106 valence electrons. The lowest BCUT2D eigenvalue weighted by Crippen LogP contribution is -1.97. The van der Waals surface area contributed by atoms with E-state index in [-0.39, 0.29) is 0 Å².